The van der Waals surface area contributed by atoms with E-state index in [4.69, 9.17) is 9.47 Å². The van der Waals surface area contributed by atoms with Crippen LogP contribution in [0.3, 0.4) is 0 Å². The highest BCUT2D eigenvalue weighted by Crippen LogP contribution is 2.47. The number of rotatable bonds is 3. The molecule has 36 heavy (non-hydrogen) atoms. The lowest BCUT2D eigenvalue weighted by atomic mass is 9.64. The zero-order chi connectivity index (χ0) is 25.8. The molecule has 9 heteroatoms. The highest BCUT2D eigenvalue weighted by Gasteiger charge is 2.50. The fraction of sp³-hybridized carbons (Fsp3) is 0.630. The molecule has 1 aromatic carbocycles. The van der Waals surface area contributed by atoms with E-state index in [1.165, 1.54) is 0 Å². The van der Waals surface area contributed by atoms with Gasteiger partial charge < -0.3 is 14.4 Å². The van der Waals surface area contributed by atoms with Crippen molar-refractivity contribution in [2.24, 2.45) is 18.4 Å². The minimum atomic E-state index is -0.476. The Balaban J connectivity index is 1.23. The minimum Gasteiger partial charge on any atom is -0.490 e. The zero-order valence-corrected chi connectivity index (χ0v) is 21.8. The average molecular weight is 497 g/mol. The van der Waals surface area contributed by atoms with E-state index >= 15 is 0 Å². The Labute approximate surface area is 211 Å². The van der Waals surface area contributed by atoms with Gasteiger partial charge in [-0.1, -0.05) is 6.92 Å². The largest absolute Gasteiger partial charge is 0.490 e. The molecule has 1 N–H and O–H groups in total. The summed E-state index contributed by atoms with van der Waals surface area (Å²) in [6.45, 7) is 9.41. The minimum absolute atomic E-state index is 0.103. The third kappa shape index (κ3) is 4.67. The zero-order valence-electron chi connectivity index (χ0n) is 21.8. The van der Waals surface area contributed by atoms with E-state index in [2.05, 4.69) is 17.3 Å². The van der Waals surface area contributed by atoms with Gasteiger partial charge in [-0.3, -0.25) is 19.6 Å². The molecule has 5 rings (SSSR count). The molecule has 194 valence electrons. The summed E-state index contributed by atoms with van der Waals surface area (Å²) in [7, 11) is 1.86. The Kier molecular flexibility index (Phi) is 6.00. The molecule has 9 nitrogen and oxygen atoms in total. The molecular weight excluding hydrogens is 460 g/mol. The summed E-state index contributed by atoms with van der Waals surface area (Å²) in [5.74, 6) is 0.223. The van der Waals surface area contributed by atoms with Crippen LogP contribution in [0.2, 0.25) is 0 Å². The lowest BCUT2D eigenvalue weighted by Gasteiger charge is -2.54. The number of amides is 3. The van der Waals surface area contributed by atoms with Gasteiger partial charge in [0.05, 0.1) is 17.1 Å². The quantitative estimate of drug-likeness (QED) is 0.647. The maximum atomic E-state index is 12.4. The number of aryl methyl sites for hydroxylation is 1. The number of hydrogen-bond donors (Lipinski definition) is 1. The van der Waals surface area contributed by atoms with Gasteiger partial charge in [-0.05, 0) is 64.5 Å². The van der Waals surface area contributed by atoms with Crippen molar-refractivity contribution in [2.45, 2.75) is 77.4 Å². The van der Waals surface area contributed by atoms with Gasteiger partial charge in [0, 0.05) is 43.4 Å². The van der Waals surface area contributed by atoms with E-state index in [1.54, 1.807) is 4.68 Å². The van der Waals surface area contributed by atoms with Gasteiger partial charge in [0.25, 0.3) is 0 Å². The number of nitrogens with one attached hydrogen (secondary N) is 1. The second-order valence-corrected chi connectivity index (χ2v) is 11.9. The van der Waals surface area contributed by atoms with Crippen molar-refractivity contribution in [1.82, 2.24) is 20.0 Å². The average Bonchev–Trinajstić information content (AvgIpc) is 3.08. The van der Waals surface area contributed by atoms with Crippen LogP contribution < -0.4 is 10.1 Å². The number of carbonyl (C=O) groups excluding carboxylic acids is 3. The third-order valence-electron chi connectivity index (χ3n) is 7.76. The van der Waals surface area contributed by atoms with Gasteiger partial charge in [0.15, 0.2) is 0 Å². The number of aromatic nitrogens is 2. The van der Waals surface area contributed by atoms with E-state index in [0.717, 1.165) is 49.0 Å². The van der Waals surface area contributed by atoms with Crippen LogP contribution in [0, 0.1) is 11.3 Å². The molecule has 3 fully saturated rings. The van der Waals surface area contributed by atoms with Crippen molar-refractivity contribution in [1.29, 1.82) is 0 Å². The van der Waals surface area contributed by atoms with Gasteiger partial charge in [-0.2, -0.15) is 5.10 Å². The predicted molar refractivity (Wildman–Crippen MR) is 134 cm³/mol. The Morgan fingerprint density at radius 1 is 1.19 bits per heavy atom. The SMILES string of the molecule is C[C@@H]1CC2(CC[C@H]1Oc1ccc3c(C4CCC(=O)NC4=O)nn(C)c3c1)CN(C(=O)OC(C)(C)C)C2. The smallest absolute Gasteiger partial charge is 0.410 e. The molecule has 2 saturated heterocycles. The third-order valence-corrected chi connectivity index (χ3v) is 7.76. The van der Waals surface area contributed by atoms with Crippen LogP contribution in [0.4, 0.5) is 4.79 Å². The lowest BCUT2D eigenvalue weighted by Crippen LogP contribution is -2.61. The molecule has 0 bridgehead atoms. The van der Waals surface area contributed by atoms with Gasteiger partial charge >= 0.3 is 6.09 Å². The van der Waals surface area contributed by atoms with Crippen LogP contribution in [-0.2, 0) is 21.4 Å². The van der Waals surface area contributed by atoms with E-state index in [-0.39, 0.29) is 29.4 Å². The predicted octanol–water partition coefficient (Wildman–Crippen LogP) is 3.90. The van der Waals surface area contributed by atoms with Crippen molar-refractivity contribution in [3.8, 4) is 5.75 Å². The first-order valence-electron chi connectivity index (χ1n) is 12.9. The van der Waals surface area contributed by atoms with Crippen LogP contribution in [0.5, 0.6) is 5.75 Å². The van der Waals surface area contributed by atoms with Crippen LogP contribution in [0.25, 0.3) is 10.9 Å². The molecule has 3 aliphatic rings. The van der Waals surface area contributed by atoms with E-state index in [1.807, 2.05) is 50.9 Å². The van der Waals surface area contributed by atoms with E-state index in [0.29, 0.717) is 24.5 Å². The number of fused-ring (bicyclic) bond motifs is 1. The Bertz CT molecular complexity index is 1210. The number of carbonyl (C=O) groups is 3. The summed E-state index contributed by atoms with van der Waals surface area (Å²) in [5, 5.41) is 7.95. The van der Waals surface area contributed by atoms with Crippen molar-refractivity contribution < 1.29 is 23.9 Å². The van der Waals surface area contributed by atoms with Gasteiger partial charge in [0.1, 0.15) is 17.5 Å². The molecule has 1 aromatic heterocycles. The summed E-state index contributed by atoms with van der Waals surface area (Å²) < 4.78 is 13.7. The summed E-state index contributed by atoms with van der Waals surface area (Å²) >= 11 is 0. The summed E-state index contributed by atoms with van der Waals surface area (Å²) in [5.41, 5.74) is 1.30. The summed E-state index contributed by atoms with van der Waals surface area (Å²) in [6, 6.07) is 5.91. The fourth-order valence-electron chi connectivity index (χ4n) is 6.06. The molecule has 0 radical (unpaired) electrons. The Hall–Kier alpha value is -3.10. The van der Waals surface area contributed by atoms with Crippen LogP contribution in [-0.4, -0.2) is 57.4 Å². The molecule has 3 atom stereocenters. The summed E-state index contributed by atoms with van der Waals surface area (Å²) in [4.78, 5) is 38.1. The monoisotopic (exact) mass is 496 g/mol. The highest BCUT2D eigenvalue weighted by molar-refractivity contribution is 6.02. The molecule has 1 saturated carbocycles. The lowest BCUT2D eigenvalue weighted by molar-refractivity contribution is -0.134. The highest BCUT2D eigenvalue weighted by atomic mass is 16.6. The fourth-order valence-corrected chi connectivity index (χ4v) is 6.06. The van der Waals surface area contributed by atoms with Crippen molar-refractivity contribution in [3.63, 3.8) is 0 Å². The molecule has 1 unspecified atom stereocenters. The number of benzene rings is 1. The molecule has 2 aliphatic heterocycles. The second-order valence-electron chi connectivity index (χ2n) is 11.9. The summed E-state index contributed by atoms with van der Waals surface area (Å²) in [6.07, 6.45) is 3.66. The topological polar surface area (TPSA) is 103 Å². The van der Waals surface area contributed by atoms with Crippen LogP contribution in [0.15, 0.2) is 18.2 Å². The standard InChI is InChI=1S/C27H36N4O5/c1-16-13-27(14-31(15-27)25(34)36-26(2,3)4)11-10-21(16)35-17-6-7-18-20(12-17)30(5)29-23(18)19-8-9-22(32)28-24(19)33/h6-7,12,16,19,21H,8-11,13-15H2,1-5H3,(H,28,32,33)/t16-,19?,21-/m1/s1. The molecule has 1 spiro atoms. The number of nitrogens with zero attached hydrogens (tertiary/aromatic N) is 3. The number of piperidine rings is 1. The number of ether oxygens (including phenoxy) is 2. The first-order valence-corrected chi connectivity index (χ1v) is 12.9. The Morgan fingerprint density at radius 3 is 2.61 bits per heavy atom. The van der Waals surface area contributed by atoms with Crippen LogP contribution in [0.1, 0.15) is 71.4 Å². The molecular formula is C27H36N4O5. The van der Waals surface area contributed by atoms with E-state index in [9.17, 15) is 14.4 Å². The second kappa shape index (κ2) is 8.78. The van der Waals surface area contributed by atoms with Gasteiger partial charge in [-0.15, -0.1) is 0 Å². The molecule has 3 amide bonds. The number of hydrogen-bond acceptors (Lipinski definition) is 6. The van der Waals surface area contributed by atoms with Gasteiger partial charge in [0.2, 0.25) is 11.8 Å². The van der Waals surface area contributed by atoms with E-state index < -0.39 is 11.5 Å². The molecule has 1 aliphatic carbocycles. The van der Waals surface area contributed by atoms with Crippen molar-refractivity contribution in [3.05, 3.63) is 23.9 Å². The normalized spacial score (nSPS) is 26.0. The molecule has 2 aromatic rings. The van der Waals surface area contributed by atoms with Crippen LogP contribution >= 0.6 is 0 Å². The van der Waals surface area contributed by atoms with Crippen molar-refractivity contribution in [2.75, 3.05) is 13.1 Å². The Morgan fingerprint density at radius 2 is 1.94 bits per heavy atom. The van der Waals surface area contributed by atoms with Gasteiger partial charge in [-0.25, -0.2) is 4.79 Å². The maximum Gasteiger partial charge on any atom is 0.410 e. The number of imide groups is 1. The first kappa shape index (κ1) is 24.6. The molecule has 3 heterocycles. The maximum absolute atomic E-state index is 12.4. The first-order chi connectivity index (χ1) is 16.9. The van der Waals surface area contributed by atoms with Crippen molar-refractivity contribution >= 4 is 28.8 Å². The number of likely N-dealkylation sites (tertiary alicyclic amines) is 1.